The quantitative estimate of drug-likeness (QED) is 0.885. The summed E-state index contributed by atoms with van der Waals surface area (Å²) in [6.07, 6.45) is 0.729. The second kappa shape index (κ2) is 5.19. The molecule has 1 aromatic rings. The van der Waals surface area contributed by atoms with Crippen LogP contribution in [0.1, 0.15) is 31.4 Å². The molecule has 0 amide bonds. The molecule has 2 N–H and O–H groups in total. The van der Waals surface area contributed by atoms with E-state index < -0.39 is 5.60 Å². The van der Waals surface area contributed by atoms with Gasteiger partial charge in [0, 0.05) is 11.0 Å². The van der Waals surface area contributed by atoms with E-state index in [-0.39, 0.29) is 0 Å². The molecule has 0 aliphatic rings. The smallest absolute Gasteiger partial charge is 0.0608 e. The molecular formula is C13H20BrNO. The van der Waals surface area contributed by atoms with Crippen LogP contribution in [0.2, 0.25) is 0 Å². The summed E-state index contributed by atoms with van der Waals surface area (Å²) in [5, 5.41) is 13.0. The fraction of sp³-hybridized carbons (Fsp3) is 0.538. The molecule has 0 bridgehead atoms. The van der Waals surface area contributed by atoms with E-state index in [1.165, 1.54) is 11.1 Å². The van der Waals surface area contributed by atoms with Crippen LogP contribution in [-0.4, -0.2) is 17.3 Å². The lowest BCUT2D eigenvalue weighted by atomic mass is 10.1. The van der Waals surface area contributed by atoms with E-state index in [9.17, 15) is 5.11 Å². The summed E-state index contributed by atoms with van der Waals surface area (Å²) in [5.74, 6) is 0. The minimum Gasteiger partial charge on any atom is -0.390 e. The molecule has 0 aliphatic carbocycles. The minimum absolute atomic E-state index is 0.613. The molecule has 2 nitrogen and oxygen atoms in total. The standard InChI is InChI=1S/C13H20BrNO/c1-9-7-10(2)12(11(14)8-9)15-6-5-13(3,4)16/h7-8,15-16H,5-6H2,1-4H3. The predicted octanol–water partition coefficient (Wildman–Crippen LogP) is 3.64. The largest absolute Gasteiger partial charge is 0.390 e. The lowest BCUT2D eigenvalue weighted by molar-refractivity contribution is 0.0748. The van der Waals surface area contributed by atoms with Crippen LogP contribution in [0.25, 0.3) is 0 Å². The Morgan fingerprint density at radius 2 is 1.94 bits per heavy atom. The molecule has 0 aliphatic heterocycles. The number of nitrogens with one attached hydrogen (secondary N) is 1. The molecule has 1 rings (SSSR count). The molecule has 0 radical (unpaired) electrons. The molecule has 0 saturated heterocycles. The van der Waals surface area contributed by atoms with Gasteiger partial charge in [-0.1, -0.05) is 6.07 Å². The van der Waals surface area contributed by atoms with E-state index >= 15 is 0 Å². The second-order valence-electron chi connectivity index (χ2n) is 4.93. The normalized spacial score (nSPS) is 11.6. The van der Waals surface area contributed by atoms with Crippen molar-refractivity contribution in [2.24, 2.45) is 0 Å². The Morgan fingerprint density at radius 3 is 2.44 bits per heavy atom. The summed E-state index contributed by atoms with van der Waals surface area (Å²) in [5.41, 5.74) is 2.98. The third-order valence-electron chi connectivity index (χ3n) is 2.47. The highest BCUT2D eigenvalue weighted by Crippen LogP contribution is 2.27. The number of aryl methyl sites for hydroxylation is 2. The van der Waals surface area contributed by atoms with Gasteiger partial charge >= 0.3 is 0 Å². The second-order valence-corrected chi connectivity index (χ2v) is 5.78. The molecule has 0 spiro atoms. The van der Waals surface area contributed by atoms with Crippen LogP contribution in [0, 0.1) is 13.8 Å². The first-order valence-electron chi connectivity index (χ1n) is 5.52. The van der Waals surface area contributed by atoms with Crippen LogP contribution in [-0.2, 0) is 0 Å². The van der Waals surface area contributed by atoms with Crippen LogP contribution in [0.5, 0.6) is 0 Å². The summed E-state index contributed by atoms with van der Waals surface area (Å²) >= 11 is 3.55. The van der Waals surface area contributed by atoms with Crippen LogP contribution >= 0.6 is 15.9 Å². The average Bonchev–Trinajstić information content (AvgIpc) is 2.07. The molecule has 0 saturated carbocycles. The Hall–Kier alpha value is -0.540. The van der Waals surface area contributed by atoms with Crippen molar-refractivity contribution >= 4 is 21.6 Å². The number of hydrogen-bond acceptors (Lipinski definition) is 2. The summed E-state index contributed by atoms with van der Waals surface area (Å²) in [6.45, 7) is 8.59. The van der Waals surface area contributed by atoms with Gasteiger partial charge in [-0.3, -0.25) is 0 Å². The topological polar surface area (TPSA) is 32.3 Å². The van der Waals surface area contributed by atoms with E-state index in [0.717, 1.165) is 23.1 Å². The van der Waals surface area contributed by atoms with Crippen molar-refractivity contribution in [1.82, 2.24) is 0 Å². The number of aliphatic hydroxyl groups is 1. The number of rotatable bonds is 4. The van der Waals surface area contributed by atoms with Gasteiger partial charge in [0.25, 0.3) is 0 Å². The Bertz CT molecular complexity index is 346. The van der Waals surface area contributed by atoms with E-state index in [2.05, 4.69) is 47.2 Å². The van der Waals surface area contributed by atoms with E-state index in [4.69, 9.17) is 0 Å². The van der Waals surface area contributed by atoms with Gasteiger partial charge < -0.3 is 10.4 Å². The molecule has 90 valence electrons. The van der Waals surface area contributed by atoms with Gasteiger partial charge in [0.2, 0.25) is 0 Å². The molecule has 1 aromatic carbocycles. The molecule has 0 atom stereocenters. The Kier molecular flexibility index (Phi) is 4.39. The third-order valence-corrected chi connectivity index (χ3v) is 3.10. The summed E-state index contributed by atoms with van der Waals surface area (Å²) in [7, 11) is 0. The van der Waals surface area contributed by atoms with Gasteiger partial charge in [-0.25, -0.2) is 0 Å². The zero-order chi connectivity index (χ0) is 12.3. The highest BCUT2D eigenvalue weighted by Gasteiger charge is 2.12. The maximum atomic E-state index is 9.63. The van der Waals surface area contributed by atoms with Crippen molar-refractivity contribution in [2.75, 3.05) is 11.9 Å². The van der Waals surface area contributed by atoms with Crippen molar-refractivity contribution in [3.05, 3.63) is 27.7 Å². The summed E-state index contributed by atoms with van der Waals surface area (Å²) < 4.78 is 1.08. The van der Waals surface area contributed by atoms with E-state index in [0.29, 0.717) is 0 Å². The zero-order valence-corrected chi connectivity index (χ0v) is 12.0. The number of benzene rings is 1. The fourth-order valence-electron chi connectivity index (χ4n) is 1.63. The van der Waals surface area contributed by atoms with Gasteiger partial charge in [0.15, 0.2) is 0 Å². The molecule has 0 unspecified atom stereocenters. The van der Waals surface area contributed by atoms with Gasteiger partial charge in [-0.2, -0.15) is 0 Å². The van der Waals surface area contributed by atoms with Crippen molar-refractivity contribution < 1.29 is 5.11 Å². The SMILES string of the molecule is Cc1cc(C)c(NCCC(C)(C)O)c(Br)c1. The first kappa shape index (κ1) is 13.5. The first-order valence-corrected chi connectivity index (χ1v) is 6.32. The minimum atomic E-state index is -0.613. The monoisotopic (exact) mass is 285 g/mol. The highest BCUT2D eigenvalue weighted by atomic mass is 79.9. The van der Waals surface area contributed by atoms with E-state index in [1.54, 1.807) is 0 Å². The lowest BCUT2D eigenvalue weighted by Gasteiger charge is -2.19. The third kappa shape index (κ3) is 4.14. The average molecular weight is 286 g/mol. The highest BCUT2D eigenvalue weighted by molar-refractivity contribution is 9.10. The molecule has 0 aromatic heterocycles. The lowest BCUT2D eigenvalue weighted by Crippen LogP contribution is -2.22. The van der Waals surface area contributed by atoms with Crippen LogP contribution < -0.4 is 5.32 Å². The maximum absolute atomic E-state index is 9.63. The predicted molar refractivity (Wildman–Crippen MR) is 73.0 cm³/mol. The molecule has 16 heavy (non-hydrogen) atoms. The number of hydrogen-bond donors (Lipinski definition) is 2. The van der Waals surface area contributed by atoms with Gasteiger partial charge in [-0.15, -0.1) is 0 Å². The zero-order valence-electron chi connectivity index (χ0n) is 10.4. The fourth-order valence-corrected chi connectivity index (χ4v) is 2.45. The van der Waals surface area contributed by atoms with Gasteiger partial charge in [0.1, 0.15) is 0 Å². The molecule has 0 fully saturated rings. The summed E-state index contributed by atoms with van der Waals surface area (Å²) in [4.78, 5) is 0. The Morgan fingerprint density at radius 1 is 1.31 bits per heavy atom. The molecule has 0 heterocycles. The van der Waals surface area contributed by atoms with Crippen LogP contribution in [0.3, 0.4) is 0 Å². The number of halogens is 1. The van der Waals surface area contributed by atoms with Crippen molar-refractivity contribution in [3.63, 3.8) is 0 Å². The van der Waals surface area contributed by atoms with Crippen molar-refractivity contribution in [1.29, 1.82) is 0 Å². The number of anilines is 1. The van der Waals surface area contributed by atoms with Gasteiger partial charge in [-0.05, 0) is 67.2 Å². The van der Waals surface area contributed by atoms with Crippen molar-refractivity contribution in [3.8, 4) is 0 Å². The van der Waals surface area contributed by atoms with Crippen LogP contribution in [0.15, 0.2) is 16.6 Å². The molecular weight excluding hydrogens is 266 g/mol. The molecule has 3 heteroatoms. The Balaban J connectivity index is 2.68. The maximum Gasteiger partial charge on any atom is 0.0608 e. The first-order chi connectivity index (χ1) is 7.29. The summed E-state index contributed by atoms with van der Waals surface area (Å²) in [6, 6.07) is 4.25. The Labute approximate surface area is 106 Å². The van der Waals surface area contributed by atoms with Crippen molar-refractivity contribution in [2.45, 2.75) is 39.7 Å². The van der Waals surface area contributed by atoms with E-state index in [1.807, 2.05) is 13.8 Å². The van der Waals surface area contributed by atoms with Crippen LogP contribution in [0.4, 0.5) is 5.69 Å². The van der Waals surface area contributed by atoms with Gasteiger partial charge in [0.05, 0.1) is 11.3 Å².